The zero-order chi connectivity index (χ0) is 9.84. The Balaban J connectivity index is 2.53. The second kappa shape index (κ2) is 4.42. The lowest BCUT2D eigenvalue weighted by atomic mass is 10.2. The maximum absolute atomic E-state index is 5.07. The second-order valence-electron chi connectivity index (χ2n) is 3.49. The van der Waals surface area contributed by atoms with Crippen molar-refractivity contribution < 1.29 is 4.52 Å². The van der Waals surface area contributed by atoms with E-state index in [0.29, 0.717) is 6.04 Å². The molecule has 0 saturated carbocycles. The van der Waals surface area contributed by atoms with Crippen molar-refractivity contribution in [1.82, 2.24) is 10.5 Å². The molecule has 1 rings (SSSR count). The summed E-state index contributed by atoms with van der Waals surface area (Å²) in [6.45, 7) is 9.14. The molecule has 0 aliphatic heterocycles. The van der Waals surface area contributed by atoms with Gasteiger partial charge >= 0.3 is 0 Å². The van der Waals surface area contributed by atoms with Crippen molar-refractivity contribution in [3.8, 4) is 0 Å². The Kier molecular flexibility index (Phi) is 3.48. The van der Waals surface area contributed by atoms with Crippen LogP contribution in [0.3, 0.4) is 0 Å². The minimum atomic E-state index is 0.550. The van der Waals surface area contributed by atoms with E-state index in [1.54, 1.807) is 0 Å². The summed E-state index contributed by atoms with van der Waals surface area (Å²) >= 11 is 0. The van der Waals surface area contributed by atoms with E-state index in [-0.39, 0.29) is 0 Å². The van der Waals surface area contributed by atoms with Crippen LogP contribution in [-0.4, -0.2) is 11.2 Å². The molecule has 0 bridgehead atoms. The number of aromatic nitrogens is 1. The maximum Gasteiger partial charge on any atom is 0.138 e. The summed E-state index contributed by atoms with van der Waals surface area (Å²) in [6.07, 6.45) is 1.14. The molecule has 1 atom stereocenters. The molecule has 1 aromatic rings. The molecule has 1 N–H and O–H groups in total. The Labute approximate surface area is 79.5 Å². The zero-order valence-electron chi connectivity index (χ0n) is 8.85. The molecule has 74 valence electrons. The summed E-state index contributed by atoms with van der Waals surface area (Å²) in [5, 5.41) is 7.32. The summed E-state index contributed by atoms with van der Waals surface area (Å²) in [5.41, 5.74) is 2.19. The molecule has 0 spiro atoms. The highest BCUT2D eigenvalue weighted by molar-refractivity contribution is 5.20. The molecular weight excluding hydrogens is 164 g/mol. The van der Waals surface area contributed by atoms with Gasteiger partial charge in [-0.1, -0.05) is 12.1 Å². The largest absolute Gasteiger partial charge is 0.361 e. The minimum absolute atomic E-state index is 0.550. The van der Waals surface area contributed by atoms with Crippen molar-refractivity contribution in [2.75, 3.05) is 0 Å². The molecule has 3 nitrogen and oxygen atoms in total. The van der Waals surface area contributed by atoms with E-state index in [9.17, 15) is 0 Å². The predicted molar refractivity (Wildman–Crippen MR) is 52.6 cm³/mol. The van der Waals surface area contributed by atoms with Gasteiger partial charge in [0.15, 0.2) is 0 Å². The van der Waals surface area contributed by atoms with Crippen LogP contribution in [-0.2, 0) is 6.54 Å². The van der Waals surface area contributed by atoms with E-state index in [1.165, 1.54) is 5.56 Å². The van der Waals surface area contributed by atoms with Crippen LogP contribution in [0.15, 0.2) is 4.52 Å². The first-order valence-corrected chi connectivity index (χ1v) is 4.80. The van der Waals surface area contributed by atoms with Gasteiger partial charge in [0, 0.05) is 18.2 Å². The van der Waals surface area contributed by atoms with Gasteiger partial charge < -0.3 is 9.84 Å². The monoisotopic (exact) mass is 182 g/mol. The first kappa shape index (κ1) is 10.3. The molecular formula is C10H18N2O. The van der Waals surface area contributed by atoms with Gasteiger partial charge in [0.2, 0.25) is 0 Å². The molecule has 1 aromatic heterocycles. The Bertz CT molecular complexity index is 248. The SMILES string of the molecule is CCC(C)NCc1c(C)noc1C. The van der Waals surface area contributed by atoms with Gasteiger partial charge in [-0.25, -0.2) is 0 Å². The standard InChI is InChI=1S/C10H18N2O/c1-5-7(2)11-6-10-8(3)12-13-9(10)4/h7,11H,5-6H2,1-4H3. The third kappa shape index (κ3) is 2.56. The smallest absolute Gasteiger partial charge is 0.138 e. The van der Waals surface area contributed by atoms with E-state index >= 15 is 0 Å². The van der Waals surface area contributed by atoms with Crippen LogP contribution in [0.2, 0.25) is 0 Å². The highest BCUT2D eigenvalue weighted by Gasteiger charge is 2.08. The van der Waals surface area contributed by atoms with Crippen LogP contribution in [0.5, 0.6) is 0 Å². The zero-order valence-corrected chi connectivity index (χ0v) is 8.85. The summed E-state index contributed by atoms with van der Waals surface area (Å²) in [7, 11) is 0. The molecule has 1 heterocycles. The number of nitrogens with zero attached hydrogens (tertiary/aromatic N) is 1. The normalized spacial score (nSPS) is 13.2. The van der Waals surface area contributed by atoms with Crippen molar-refractivity contribution in [3.05, 3.63) is 17.0 Å². The van der Waals surface area contributed by atoms with Crippen molar-refractivity contribution in [2.45, 2.75) is 46.7 Å². The Morgan fingerprint density at radius 1 is 1.46 bits per heavy atom. The molecule has 13 heavy (non-hydrogen) atoms. The molecule has 0 fully saturated rings. The van der Waals surface area contributed by atoms with Gasteiger partial charge in [0.05, 0.1) is 5.69 Å². The molecule has 3 heteroatoms. The number of rotatable bonds is 4. The average Bonchev–Trinajstić information content (AvgIpc) is 2.43. The second-order valence-corrected chi connectivity index (χ2v) is 3.49. The summed E-state index contributed by atoms with van der Waals surface area (Å²) in [4.78, 5) is 0. The Hall–Kier alpha value is -0.830. The summed E-state index contributed by atoms with van der Waals surface area (Å²) in [5.74, 6) is 0.924. The van der Waals surface area contributed by atoms with Gasteiger partial charge in [0.1, 0.15) is 5.76 Å². The highest BCUT2D eigenvalue weighted by Crippen LogP contribution is 2.11. The number of aryl methyl sites for hydroxylation is 2. The fourth-order valence-corrected chi connectivity index (χ4v) is 1.17. The lowest BCUT2D eigenvalue weighted by Gasteiger charge is -2.10. The summed E-state index contributed by atoms with van der Waals surface area (Å²) < 4.78 is 5.07. The third-order valence-corrected chi connectivity index (χ3v) is 2.42. The molecule has 0 amide bonds. The molecule has 0 aromatic carbocycles. The first-order chi connectivity index (χ1) is 6.15. The van der Waals surface area contributed by atoms with Gasteiger partial charge in [-0.05, 0) is 27.2 Å². The van der Waals surface area contributed by atoms with Crippen LogP contribution in [0.1, 0.15) is 37.3 Å². The molecule has 1 unspecified atom stereocenters. The van der Waals surface area contributed by atoms with Gasteiger partial charge in [-0.3, -0.25) is 0 Å². The molecule has 0 aliphatic rings. The fraction of sp³-hybridized carbons (Fsp3) is 0.700. The fourth-order valence-electron chi connectivity index (χ4n) is 1.17. The van der Waals surface area contributed by atoms with E-state index in [2.05, 4.69) is 24.3 Å². The van der Waals surface area contributed by atoms with Gasteiger partial charge in [-0.2, -0.15) is 0 Å². The predicted octanol–water partition coefficient (Wildman–Crippen LogP) is 2.18. The third-order valence-electron chi connectivity index (χ3n) is 2.42. The lowest BCUT2D eigenvalue weighted by Crippen LogP contribution is -2.24. The molecule has 0 aliphatic carbocycles. The van der Waals surface area contributed by atoms with Crippen LogP contribution < -0.4 is 5.32 Å². The van der Waals surface area contributed by atoms with Gasteiger partial charge in [-0.15, -0.1) is 0 Å². The number of nitrogens with one attached hydrogen (secondary N) is 1. The minimum Gasteiger partial charge on any atom is -0.361 e. The first-order valence-electron chi connectivity index (χ1n) is 4.80. The van der Waals surface area contributed by atoms with Crippen LogP contribution >= 0.6 is 0 Å². The number of hydrogen-bond acceptors (Lipinski definition) is 3. The van der Waals surface area contributed by atoms with E-state index in [4.69, 9.17) is 4.52 Å². The molecule has 0 saturated heterocycles. The van der Waals surface area contributed by atoms with Gasteiger partial charge in [0.25, 0.3) is 0 Å². The Morgan fingerprint density at radius 2 is 2.15 bits per heavy atom. The highest BCUT2D eigenvalue weighted by atomic mass is 16.5. The maximum atomic E-state index is 5.07. The quantitative estimate of drug-likeness (QED) is 0.775. The van der Waals surface area contributed by atoms with E-state index < -0.39 is 0 Å². The van der Waals surface area contributed by atoms with Crippen molar-refractivity contribution in [2.24, 2.45) is 0 Å². The summed E-state index contributed by atoms with van der Waals surface area (Å²) in [6, 6.07) is 0.550. The van der Waals surface area contributed by atoms with Crippen molar-refractivity contribution >= 4 is 0 Å². The average molecular weight is 182 g/mol. The van der Waals surface area contributed by atoms with E-state index in [0.717, 1.165) is 24.4 Å². The van der Waals surface area contributed by atoms with Crippen LogP contribution in [0.25, 0.3) is 0 Å². The van der Waals surface area contributed by atoms with E-state index in [1.807, 2.05) is 13.8 Å². The topological polar surface area (TPSA) is 38.1 Å². The Morgan fingerprint density at radius 3 is 2.62 bits per heavy atom. The van der Waals surface area contributed by atoms with Crippen LogP contribution in [0.4, 0.5) is 0 Å². The molecule has 0 radical (unpaired) electrons. The van der Waals surface area contributed by atoms with Crippen LogP contribution in [0, 0.1) is 13.8 Å². The van der Waals surface area contributed by atoms with Crippen molar-refractivity contribution in [1.29, 1.82) is 0 Å². The van der Waals surface area contributed by atoms with Crippen molar-refractivity contribution in [3.63, 3.8) is 0 Å². The lowest BCUT2D eigenvalue weighted by molar-refractivity contribution is 0.391. The number of hydrogen-bond donors (Lipinski definition) is 1.